The summed E-state index contributed by atoms with van der Waals surface area (Å²) in [7, 11) is 0. The standard InChI is InChI=1S/C16H13ClF2N4O2S/c17-12-8(18)5-7(6-9(12)19)11-13(10-3-1-2-4-25-10)22-23-14(11)20-15(26)21-16(23)24/h5-6,10,22H,1-4H2,(H,21,24,26). The van der Waals surface area contributed by atoms with E-state index < -0.39 is 22.3 Å². The van der Waals surface area contributed by atoms with Crippen LogP contribution in [0.1, 0.15) is 31.1 Å². The molecule has 3 aromatic rings. The van der Waals surface area contributed by atoms with Gasteiger partial charge in [-0.3, -0.25) is 10.1 Å². The quantitative estimate of drug-likeness (QED) is 0.506. The molecule has 0 radical (unpaired) electrons. The Morgan fingerprint density at radius 3 is 2.69 bits per heavy atom. The fourth-order valence-electron chi connectivity index (χ4n) is 3.17. The van der Waals surface area contributed by atoms with Crippen LogP contribution in [0.25, 0.3) is 16.8 Å². The summed E-state index contributed by atoms with van der Waals surface area (Å²) in [4.78, 5) is 18.8. The second-order valence-electron chi connectivity index (χ2n) is 6.02. The number of rotatable bonds is 2. The summed E-state index contributed by atoms with van der Waals surface area (Å²) in [6.45, 7) is 0.559. The molecule has 0 amide bonds. The molecule has 1 saturated heterocycles. The molecule has 0 saturated carbocycles. The fourth-order valence-corrected chi connectivity index (χ4v) is 3.45. The summed E-state index contributed by atoms with van der Waals surface area (Å²) >= 11 is 10.6. The molecule has 0 spiro atoms. The number of hydrogen-bond donors (Lipinski definition) is 2. The van der Waals surface area contributed by atoms with Crippen LogP contribution in [0.2, 0.25) is 5.02 Å². The van der Waals surface area contributed by atoms with Crippen molar-refractivity contribution in [2.24, 2.45) is 0 Å². The molecule has 26 heavy (non-hydrogen) atoms. The summed E-state index contributed by atoms with van der Waals surface area (Å²) in [5.74, 6) is -1.81. The van der Waals surface area contributed by atoms with Crippen LogP contribution >= 0.6 is 23.8 Å². The molecule has 0 bridgehead atoms. The molecule has 2 N–H and O–H groups in total. The Morgan fingerprint density at radius 1 is 1.31 bits per heavy atom. The Labute approximate surface area is 155 Å². The van der Waals surface area contributed by atoms with Crippen molar-refractivity contribution in [1.29, 1.82) is 0 Å². The van der Waals surface area contributed by atoms with Crippen LogP contribution < -0.4 is 5.69 Å². The highest BCUT2D eigenvalue weighted by Gasteiger charge is 2.26. The molecule has 3 heterocycles. The van der Waals surface area contributed by atoms with Crippen LogP contribution in [0.4, 0.5) is 8.78 Å². The first-order chi connectivity index (χ1) is 12.5. The molecule has 1 aliphatic rings. The van der Waals surface area contributed by atoms with E-state index in [0.29, 0.717) is 24.3 Å². The smallest absolute Gasteiger partial charge is 0.348 e. The number of H-pyrrole nitrogens is 2. The number of aromatic amines is 2. The minimum Gasteiger partial charge on any atom is -0.372 e. The van der Waals surface area contributed by atoms with Gasteiger partial charge in [0.2, 0.25) is 4.77 Å². The summed E-state index contributed by atoms with van der Waals surface area (Å²) in [6, 6.07) is 2.21. The van der Waals surface area contributed by atoms with E-state index in [1.165, 1.54) is 0 Å². The zero-order valence-corrected chi connectivity index (χ0v) is 14.9. The molecule has 1 aromatic carbocycles. The van der Waals surface area contributed by atoms with E-state index in [4.69, 9.17) is 28.6 Å². The van der Waals surface area contributed by atoms with Crippen molar-refractivity contribution in [2.45, 2.75) is 25.4 Å². The van der Waals surface area contributed by atoms with Gasteiger partial charge in [-0.25, -0.2) is 13.6 Å². The second kappa shape index (κ2) is 6.57. The van der Waals surface area contributed by atoms with Gasteiger partial charge in [-0.1, -0.05) is 11.6 Å². The molecule has 1 fully saturated rings. The fraction of sp³-hybridized carbons (Fsp3) is 0.312. The Bertz CT molecular complexity index is 1090. The average molecular weight is 399 g/mol. The van der Waals surface area contributed by atoms with Crippen molar-refractivity contribution >= 4 is 29.5 Å². The van der Waals surface area contributed by atoms with Crippen LogP contribution in [0.3, 0.4) is 0 Å². The first-order valence-electron chi connectivity index (χ1n) is 7.97. The summed E-state index contributed by atoms with van der Waals surface area (Å²) in [5, 5.41) is 2.35. The number of benzene rings is 1. The van der Waals surface area contributed by atoms with Crippen LogP contribution in [-0.4, -0.2) is 26.2 Å². The Morgan fingerprint density at radius 2 is 2.04 bits per heavy atom. The number of nitrogens with zero attached hydrogens (tertiary/aromatic N) is 2. The Kier molecular flexibility index (Phi) is 4.37. The lowest BCUT2D eigenvalue weighted by Crippen LogP contribution is -2.19. The largest absolute Gasteiger partial charge is 0.372 e. The normalized spacial score (nSPS) is 17.7. The third-order valence-corrected chi connectivity index (χ3v) is 4.89. The summed E-state index contributed by atoms with van der Waals surface area (Å²) < 4.78 is 35.0. The van der Waals surface area contributed by atoms with Gasteiger partial charge in [0.05, 0.1) is 17.4 Å². The van der Waals surface area contributed by atoms with E-state index in [0.717, 1.165) is 29.5 Å². The number of ether oxygens (including phenoxy) is 1. The first-order valence-corrected chi connectivity index (χ1v) is 8.76. The topological polar surface area (TPSA) is 75.2 Å². The maximum atomic E-state index is 14.0. The SMILES string of the molecule is O=c1[nH]c(=S)nc2c(-c3cc(F)c(Cl)c(F)c3)c(C3CCCCO3)[nH]n12. The van der Waals surface area contributed by atoms with Gasteiger partial charge in [-0.15, -0.1) is 0 Å². The Balaban J connectivity index is 2.05. The minimum atomic E-state index is -0.903. The number of fused-ring (bicyclic) bond motifs is 1. The van der Waals surface area contributed by atoms with Crippen molar-refractivity contribution in [3.05, 3.63) is 49.7 Å². The predicted octanol–water partition coefficient (Wildman–Crippen LogP) is 3.92. The molecule has 4 rings (SSSR count). The van der Waals surface area contributed by atoms with Crippen LogP contribution in [0, 0.1) is 16.4 Å². The van der Waals surface area contributed by atoms with E-state index in [9.17, 15) is 13.6 Å². The highest BCUT2D eigenvalue weighted by Crippen LogP contribution is 2.37. The van der Waals surface area contributed by atoms with Gasteiger partial charge in [-0.05, 0) is 49.2 Å². The number of nitrogens with one attached hydrogen (secondary N) is 2. The van der Waals surface area contributed by atoms with Gasteiger partial charge in [0, 0.05) is 6.61 Å². The molecule has 1 unspecified atom stereocenters. The monoisotopic (exact) mass is 398 g/mol. The van der Waals surface area contributed by atoms with Gasteiger partial charge >= 0.3 is 5.69 Å². The molecule has 2 aromatic heterocycles. The third-order valence-electron chi connectivity index (χ3n) is 4.34. The lowest BCUT2D eigenvalue weighted by molar-refractivity contribution is 0.0125. The third kappa shape index (κ3) is 2.85. The molecule has 136 valence electrons. The van der Waals surface area contributed by atoms with Crippen LogP contribution in [0.15, 0.2) is 16.9 Å². The van der Waals surface area contributed by atoms with Crippen molar-refractivity contribution in [2.75, 3.05) is 6.61 Å². The molecule has 1 aliphatic heterocycles. The van der Waals surface area contributed by atoms with Crippen molar-refractivity contribution in [3.63, 3.8) is 0 Å². The lowest BCUT2D eigenvalue weighted by atomic mass is 9.98. The second-order valence-corrected chi connectivity index (χ2v) is 6.78. The number of hydrogen-bond acceptors (Lipinski definition) is 4. The van der Waals surface area contributed by atoms with Crippen LogP contribution in [-0.2, 0) is 4.74 Å². The van der Waals surface area contributed by atoms with Gasteiger partial charge in [0.25, 0.3) is 0 Å². The molecular weight excluding hydrogens is 386 g/mol. The highest BCUT2D eigenvalue weighted by molar-refractivity contribution is 7.71. The highest BCUT2D eigenvalue weighted by atomic mass is 35.5. The Hall–Kier alpha value is -2.10. The lowest BCUT2D eigenvalue weighted by Gasteiger charge is -2.22. The molecule has 1 atom stereocenters. The zero-order valence-electron chi connectivity index (χ0n) is 13.3. The first kappa shape index (κ1) is 17.3. The van der Waals surface area contributed by atoms with Crippen molar-refractivity contribution in [1.82, 2.24) is 19.6 Å². The van der Waals surface area contributed by atoms with Crippen LogP contribution in [0.5, 0.6) is 0 Å². The predicted molar refractivity (Wildman–Crippen MR) is 93.9 cm³/mol. The van der Waals surface area contributed by atoms with Gasteiger partial charge in [0.15, 0.2) is 5.65 Å². The molecule has 0 aliphatic carbocycles. The van der Waals surface area contributed by atoms with Crippen molar-refractivity contribution < 1.29 is 13.5 Å². The molecular formula is C16H13ClF2N4O2S. The molecule has 6 nitrogen and oxygen atoms in total. The maximum Gasteiger partial charge on any atom is 0.348 e. The van der Waals surface area contributed by atoms with Gasteiger partial charge < -0.3 is 4.74 Å². The number of aromatic nitrogens is 4. The zero-order chi connectivity index (χ0) is 18.4. The minimum absolute atomic E-state index is 0.0266. The summed E-state index contributed by atoms with van der Waals surface area (Å²) in [6.07, 6.45) is 2.22. The van der Waals surface area contributed by atoms with E-state index in [1.807, 2.05) is 0 Å². The maximum absolute atomic E-state index is 14.0. The number of halogens is 3. The van der Waals surface area contributed by atoms with Gasteiger partial charge in [0.1, 0.15) is 16.7 Å². The van der Waals surface area contributed by atoms with Crippen molar-refractivity contribution in [3.8, 4) is 11.1 Å². The van der Waals surface area contributed by atoms with E-state index >= 15 is 0 Å². The van der Waals surface area contributed by atoms with E-state index in [2.05, 4.69) is 15.1 Å². The van der Waals surface area contributed by atoms with Gasteiger partial charge in [-0.2, -0.15) is 9.50 Å². The summed E-state index contributed by atoms with van der Waals surface area (Å²) in [5.41, 5.74) is 0.718. The van der Waals surface area contributed by atoms with E-state index in [-0.39, 0.29) is 22.1 Å². The van der Waals surface area contributed by atoms with E-state index in [1.54, 1.807) is 0 Å². The average Bonchev–Trinajstić information content (AvgIpc) is 2.99. The molecule has 10 heteroatoms.